The monoisotopic (exact) mass is 443 g/mol. The van der Waals surface area contributed by atoms with Crippen LogP contribution in [0.15, 0.2) is 23.2 Å². The molecule has 168 valence electrons. The minimum Gasteiger partial charge on any atom is -0.367 e. The van der Waals surface area contributed by atoms with Gasteiger partial charge >= 0.3 is 0 Å². The lowest BCUT2D eigenvalue weighted by atomic mass is 9.86. The molecule has 2 aliphatic rings. The summed E-state index contributed by atoms with van der Waals surface area (Å²) in [5.41, 5.74) is 0.381. The van der Waals surface area contributed by atoms with Crippen molar-refractivity contribution in [2.75, 3.05) is 43.4 Å². The number of sulfonamides is 1. The van der Waals surface area contributed by atoms with Crippen molar-refractivity contribution in [2.45, 2.75) is 38.6 Å². The van der Waals surface area contributed by atoms with Crippen molar-refractivity contribution in [3.8, 4) is 0 Å². The summed E-state index contributed by atoms with van der Waals surface area (Å²) in [6.45, 7) is 4.43. The molecule has 1 aromatic carbocycles. The van der Waals surface area contributed by atoms with Crippen LogP contribution < -0.4 is 20.3 Å². The van der Waals surface area contributed by atoms with Gasteiger partial charge in [-0.1, -0.05) is 6.42 Å². The number of nitrogens with one attached hydrogen (secondary N) is 3. The summed E-state index contributed by atoms with van der Waals surface area (Å²) < 4.78 is 54.1. The largest absolute Gasteiger partial charge is 0.367 e. The molecule has 0 radical (unpaired) electrons. The molecular formula is C20H31F2N5O2S. The van der Waals surface area contributed by atoms with E-state index >= 15 is 0 Å². The van der Waals surface area contributed by atoms with Gasteiger partial charge in [0.05, 0.1) is 18.0 Å². The van der Waals surface area contributed by atoms with Gasteiger partial charge in [-0.15, -0.1) is 0 Å². The molecule has 1 aliphatic carbocycles. The van der Waals surface area contributed by atoms with Crippen LogP contribution in [0.1, 0.15) is 32.6 Å². The molecule has 1 atom stereocenters. The Balaban J connectivity index is 1.49. The van der Waals surface area contributed by atoms with E-state index in [0.717, 1.165) is 25.3 Å². The minimum atomic E-state index is -3.34. The highest BCUT2D eigenvalue weighted by molar-refractivity contribution is 7.89. The highest BCUT2D eigenvalue weighted by atomic mass is 32.2. The van der Waals surface area contributed by atoms with E-state index in [2.05, 4.69) is 20.3 Å². The second kappa shape index (κ2) is 10.4. The van der Waals surface area contributed by atoms with Crippen LogP contribution in [0.25, 0.3) is 0 Å². The number of hydrogen-bond acceptors (Lipinski definition) is 4. The van der Waals surface area contributed by atoms with Gasteiger partial charge in [0.15, 0.2) is 5.96 Å². The number of guanidine groups is 1. The molecule has 10 heteroatoms. The fraction of sp³-hybridized carbons (Fsp3) is 0.650. The van der Waals surface area contributed by atoms with E-state index in [0.29, 0.717) is 43.7 Å². The van der Waals surface area contributed by atoms with E-state index in [1.807, 2.05) is 11.8 Å². The van der Waals surface area contributed by atoms with Gasteiger partial charge in [-0.3, -0.25) is 4.99 Å². The number of rotatable bonds is 9. The first-order chi connectivity index (χ1) is 14.4. The molecule has 0 spiro atoms. The van der Waals surface area contributed by atoms with Crippen molar-refractivity contribution < 1.29 is 17.2 Å². The van der Waals surface area contributed by atoms with Gasteiger partial charge in [0, 0.05) is 38.3 Å². The van der Waals surface area contributed by atoms with Crippen LogP contribution >= 0.6 is 0 Å². The first-order valence-electron chi connectivity index (χ1n) is 10.6. The quantitative estimate of drug-likeness (QED) is 0.400. The molecule has 2 fully saturated rings. The number of aliphatic imine (C=N–C) groups is 1. The third kappa shape index (κ3) is 6.53. The SMILES string of the molecule is CCNC(=NCCS(=O)(=O)NCC1CCC1)NC1CCN(c2ccc(F)cc2F)C1. The second-order valence-electron chi connectivity index (χ2n) is 7.90. The molecule has 1 aliphatic heterocycles. The van der Waals surface area contributed by atoms with E-state index in [1.165, 1.54) is 18.6 Å². The first kappa shape index (κ1) is 22.7. The van der Waals surface area contributed by atoms with Crippen LogP contribution in [0.5, 0.6) is 0 Å². The normalized spacial score (nSPS) is 20.3. The van der Waals surface area contributed by atoms with Crippen LogP contribution in [-0.4, -0.2) is 58.9 Å². The molecule has 1 saturated carbocycles. The topological polar surface area (TPSA) is 85.8 Å². The maximum absolute atomic E-state index is 14.0. The number of nitrogens with zero attached hydrogens (tertiary/aromatic N) is 2. The van der Waals surface area contributed by atoms with E-state index in [4.69, 9.17) is 0 Å². The van der Waals surface area contributed by atoms with Gasteiger partial charge in [-0.2, -0.15) is 0 Å². The third-order valence-electron chi connectivity index (χ3n) is 5.57. The van der Waals surface area contributed by atoms with E-state index < -0.39 is 21.7 Å². The molecule has 0 amide bonds. The van der Waals surface area contributed by atoms with Crippen LogP contribution in [0.3, 0.4) is 0 Å². The zero-order valence-corrected chi connectivity index (χ0v) is 18.1. The molecular weight excluding hydrogens is 412 g/mol. The Morgan fingerprint density at radius 1 is 1.27 bits per heavy atom. The smallest absolute Gasteiger partial charge is 0.213 e. The predicted molar refractivity (Wildman–Crippen MR) is 115 cm³/mol. The average Bonchev–Trinajstić information content (AvgIpc) is 3.08. The zero-order valence-electron chi connectivity index (χ0n) is 17.3. The summed E-state index contributed by atoms with van der Waals surface area (Å²) >= 11 is 0. The molecule has 0 aromatic heterocycles. The number of halogens is 2. The Morgan fingerprint density at radius 3 is 2.73 bits per heavy atom. The lowest BCUT2D eigenvalue weighted by Gasteiger charge is -2.25. The summed E-state index contributed by atoms with van der Waals surface area (Å²) in [7, 11) is -3.34. The van der Waals surface area contributed by atoms with Gasteiger partial charge in [0.25, 0.3) is 0 Å². The van der Waals surface area contributed by atoms with Gasteiger partial charge in [0.2, 0.25) is 10.0 Å². The Labute approximate surface area is 177 Å². The summed E-state index contributed by atoms with van der Waals surface area (Å²) in [5, 5.41) is 6.41. The molecule has 1 heterocycles. The molecule has 0 bridgehead atoms. The first-order valence-corrected chi connectivity index (χ1v) is 12.2. The van der Waals surface area contributed by atoms with Crippen molar-refractivity contribution in [1.82, 2.24) is 15.4 Å². The molecule has 3 rings (SSSR count). The van der Waals surface area contributed by atoms with Gasteiger partial charge in [-0.05, 0) is 44.2 Å². The molecule has 7 nitrogen and oxygen atoms in total. The second-order valence-corrected chi connectivity index (χ2v) is 9.82. The maximum atomic E-state index is 14.0. The predicted octanol–water partition coefficient (Wildman–Crippen LogP) is 1.82. The highest BCUT2D eigenvalue weighted by Gasteiger charge is 2.25. The Kier molecular flexibility index (Phi) is 7.87. The van der Waals surface area contributed by atoms with Crippen LogP contribution in [0.2, 0.25) is 0 Å². The molecule has 1 saturated heterocycles. The summed E-state index contributed by atoms with van der Waals surface area (Å²) in [5.74, 6) is -0.218. The summed E-state index contributed by atoms with van der Waals surface area (Å²) in [6.07, 6.45) is 4.13. The highest BCUT2D eigenvalue weighted by Crippen LogP contribution is 2.25. The van der Waals surface area contributed by atoms with Crippen molar-refractivity contribution in [1.29, 1.82) is 0 Å². The molecule has 1 aromatic rings. The van der Waals surface area contributed by atoms with Gasteiger partial charge < -0.3 is 15.5 Å². The van der Waals surface area contributed by atoms with Crippen LogP contribution in [0, 0.1) is 17.6 Å². The molecule has 1 unspecified atom stereocenters. The van der Waals surface area contributed by atoms with Crippen molar-refractivity contribution in [3.63, 3.8) is 0 Å². The van der Waals surface area contributed by atoms with Crippen LogP contribution in [-0.2, 0) is 10.0 Å². The van der Waals surface area contributed by atoms with Crippen molar-refractivity contribution >= 4 is 21.7 Å². The van der Waals surface area contributed by atoms with Gasteiger partial charge in [0.1, 0.15) is 11.6 Å². The summed E-state index contributed by atoms with van der Waals surface area (Å²) in [4.78, 5) is 6.25. The Hall–Kier alpha value is -1.94. The maximum Gasteiger partial charge on any atom is 0.213 e. The minimum absolute atomic E-state index is 0.0283. The van der Waals surface area contributed by atoms with Crippen molar-refractivity contribution in [2.24, 2.45) is 10.9 Å². The van der Waals surface area contributed by atoms with E-state index in [1.54, 1.807) is 0 Å². The number of benzene rings is 1. The fourth-order valence-corrected chi connectivity index (χ4v) is 4.61. The Morgan fingerprint density at radius 2 is 2.07 bits per heavy atom. The third-order valence-corrected chi connectivity index (χ3v) is 6.90. The fourth-order valence-electron chi connectivity index (χ4n) is 3.64. The zero-order chi connectivity index (χ0) is 21.6. The molecule has 3 N–H and O–H groups in total. The average molecular weight is 444 g/mol. The standard InChI is InChI=1S/C20H31F2N5O2S/c1-2-23-20(24-9-11-30(28,29)25-13-15-4-3-5-15)26-17-8-10-27(14-17)19-7-6-16(21)12-18(19)22/h6-7,12,15,17,25H,2-5,8-11,13-14H2,1H3,(H2,23,24,26). The van der Waals surface area contributed by atoms with Crippen LogP contribution in [0.4, 0.5) is 14.5 Å². The summed E-state index contributed by atoms with van der Waals surface area (Å²) in [6, 6.07) is 3.62. The van der Waals surface area contributed by atoms with Gasteiger partial charge in [-0.25, -0.2) is 21.9 Å². The number of hydrogen-bond donors (Lipinski definition) is 3. The van der Waals surface area contributed by atoms with E-state index in [9.17, 15) is 17.2 Å². The lowest BCUT2D eigenvalue weighted by molar-refractivity contribution is 0.316. The lowest BCUT2D eigenvalue weighted by Crippen LogP contribution is -2.45. The number of anilines is 1. The van der Waals surface area contributed by atoms with E-state index in [-0.39, 0.29) is 18.3 Å². The Bertz CT molecular complexity index is 846. The van der Waals surface area contributed by atoms with Crippen molar-refractivity contribution in [3.05, 3.63) is 29.8 Å². The molecule has 30 heavy (non-hydrogen) atoms.